The first-order valence-electron chi connectivity index (χ1n) is 7.16. The van der Waals surface area contributed by atoms with Gasteiger partial charge < -0.3 is 9.64 Å². The van der Waals surface area contributed by atoms with E-state index in [0.717, 1.165) is 40.5 Å². The van der Waals surface area contributed by atoms with Gasteiger partial charge in [0.2, 0.25) is 5.91 Å². The summed E-state index contributed by atoms with van der Waals surface area (Å²) in [5.41, 5.74) is 1.04. The van der Waals surface area contributed by atoms with Crippen molar-refractivity contribution in [2.75, 3.05) is 14.2 Å². The zero-order chi connectivity index (χ0) is 14.3. The van der Waals surface area contributed by atoms with Gasteiger partial charge in [-0.15, -0.1) is 0 Å². The summed E-state index contributed by atoms with van der Waals surface area (Å²) in [4.78, 5) is 14.3. The molecule has 0 aliphatic heterocycles. The van der Waals surface area contributed by atoms with Crippen LogP contribution >= 0.6 is 15.9 Å². The highest BCUT2D eigenvalue weighted by Gasteiger charge is 2.48. The Kier molecular flexibility index (Phi) is 3.76. The average molecular weight is 338 g/mol. The Morgan fingerprint density at radius 2 is 2.05 bits per heavy atom. The Labute approximate surface area is 128 Å². The minimum Gasteiger partial charge on any atom is -0.496 e. The largest absolute Gasteiger partial charge is 0.496 e. The van der Waals surface area contributed by atoms with E-state index in [1.807, 2.05) is 30.1 Å². The van der Waals surface area contributed by atoms with E-state index < -0.39 is 0 Å². The molecule has 3 nitrogen and oxygen atoms in total. The number of fused-ring (bicyclic) bond motifs is 1. The predicted octanol–water partition coefficient (Wildman–Crippen LogP) is 3.46. The molecule has 2 fully saturated rings. The Balaban J connectivity index is 1.67. The SMILES string of the molecule is COc1ccc(Br)cc1CN(C)C(=O)C1CC2CC2C1. The molecule has 1 aromatic rings. The number of carbonyl (C=O) groups excluding carboxylic acids is 1. The quantitative estimate of drug-likeness (QED) is 0.841. The minimum atomic E-state index is 0.252. The van der Waals surface area contributed by atoms with Gasteiger partial charge in [-0.25, -0.2) is 0 Å². The molecule has 0 radical (unpaired) electrons. The number of carbonyl (C=O) groups is 1. The third-order valence-corrected chi connectivity index (χ3v) is 5.11. The first kappa shape index (κ1) is 13.9. The number of hydrogen-bond acceptors (Lipinski definition) is 2. The zero-order valence-corrected chi connectivity index (χ0v) is 13.5. The highest BCUT2D eigenvalue weighted by atomic mass is 79.9. The first-order chi connectivity index (χ1) is 9.58. The molecule has 20 heavy (non-hydrogen) atoms. The van der Waals surface area contributed by atoms with Crippen LogP contribution in [0.1, 0.15) is 24.8 Å². The molecule has 0 aromatic heterocycles. The van der Waals surface area contributed by atoms with E-state index >= 15 is 0 Å². The molecule has 4 heteroatoms. The molecule has 1 aromatic carbocycles. The maximum Gasteiger partial charge on any atom is 0.225 e. The number of ether oxygens (including phenoxy) is 1. The van der Waals surface area contributed by atoms with Crippen LogP contribution in [0.25, 0.3) is 0 Å². The number of halogens is 1. The van der Waals surface area contributed by atoms with Crippen molar-refractivity contribution in [3.63, 3.8) is 0 Å². The van der Waals surface area contributed by atoms with E-state index in [1.54, 1.807) is 7.11 Å². The molecule has 0 spiro atoms. The highest BCUT2D eigenvalue weighted by molar-refractivity contribution is 9.10. The standard InChI is InChI=1S/C16H20BrNO2/c1-18(16(19)12-6-10-5-11(10)7-12)9-13-8-14(17)3-4-15(13)20-2/h3-4,8,10-12H,5-7,9H2,1-2H3. The van der Waals surface area contributed by atoms with Crippen LogP contribution in [0.15, 0.2) is 22.7 Å². The number of nitrogens with zero attached hydrogens (tertiary/aromatic N) is 1. The Hall–Kier alpha value is -1.03. The van der Waals surface area contributed by atoms with Crippen LogP contribution < -0.4 is 4.74 Å². The lowest BCUT2D eigenvalue weighted by Gasteiger charge is -2.23. The van der Waals surface area contributed by atoms with Gasteiger partial charge >= 0.3 is 0 Å². The minimum absolute atomic E-state index is 0.252. The number of hydrogen-bond donors (Lipinski definition) is 0. The lowest BCUT2D eigenvalue weighted by Crippen LogP contribution is -2.32. The van der Waals surface area contributed by atoms with E-state index in [1.165, 1.54) is 6.42 Å². The summed E-state index contributed by atoms with van der Waals surface area (Å²) in [7, 11) is 3.56. The zero-order valence-electron chi connectivity index (χ0n) is 11.9. The lowest BCUT2D eigenvalue weighted by molar-refractivity contribution is -0.134. The third-order valence-electron chi connectivity index (χ3n) is 4.62. The lowest BCUT2D eigenvalue weighted by atomic mass is 10.0. The fraction of sp³-hybridized carbons (Fsp3) is 0.562. The molecular weight excluding hydrogens is 318 g/mol. The number of methoxy groups -OCH3 is 1. The molecule has 3 rings (SSSR count). The molecule has 2 unspecified atom stereocenters. The summed E-state index contributed by atoms with van der Waals surface area (Å²) in [6.07, 6.45) is 3.56. The summed E-state index contributed by atoms with van der Waals surface area (Å²) in [6, 6.07) is 5.91. The van der Waals surface area contributed by atoms with Crippen LogP contribution in [0.4, 0.5) is 0 Å². The van der Waals surface area contributed by atoms with Gasteiger partial charge in [-0.1, -0.05) is 15.9 Å². The molecule has 1 amide bonds. The smallest absolute Gasteiger partial charge is 0.225 e. The van der Waals surface area contributed by atoms with Crippen LogP contribution in [0.3, 0.4) is 0 Å². The van der Waals surface area contributed by atoms with Gasteiger partial charge in [0.05, 0.1) is 7.11 Å². The number of rotatable bonds is 4. The van der Waals surface area contributed by atoms with E-state index in [9.17, 15) is 4.79 Å². The van der Waals surface area contributed by atoms with E-state index in [4.69, 9.17) is 4.74 Å². The topological polar surface area (TPSA) is 29.5 Å². The molecule has 2 saturated carbocycles. The molecular formula is C16H20BrNO2. The van der Waals surface area contributed by atoms with Gasteiger partial charge in [-0.05, 0) is 49.3 Å². The summed E-state index contributed by atoms with van der Waals surface area (Å²) < 4.78 is 6.38. The van der Waals surface area contributed by atoms with Crippen molar-refractivity contribution in [3.8, 4) is 5.75 Å². The van der Waals surface area contributed by atoms with Crippen LogP contribution in [0, 0.1) is 17.8 Å². The van der Waals surface area contributed by atoms with Crippen molar-refractivity contribution >= 4 is 21.8 Å². The summed E-state index contributed by atoms with van der Waals surface area (Å²) in [5, 5.41) is 0. The Bertz CT molecular complexity index is 521. The second-order valence-electron chi connectivity index (χ2n) is 6.07. The summed E-state index contributed by atoms with van der Waals surface area (Å²) in [5.74, 6) is 3.07. The van der Waals surface area contributed by atoms with Crippen molar-refractivity contribution in [2.24, 2.45) is 17.8 Å². The van der Waals surface area contributed by atoms with Gasteiger partial charge in [0.15, 0.2) is 0 Å². The number of benzene rings is 1. The van der Waals surface area contributed by atoms with Gasteiger partial charge in [-0.2, -0.15) is 0 Å². The Morgan fingerprint density at radius 1 is 1.35 bits per heavy atom. The van der Waals surface area contributed by atoms with Gasteiger partial charge in [0, 0.05) is 29.5 Å². The average Bonchev–Trinajstić information content (AvgIpc) is 3.04. The van der Waals surface area contributed by atoms with Crippen LogP contribution in [0.5, 0.6) is 5.75 Å². The highest BCUT2D eigenvalue weighted by Crippen LogP contribution is 2.54. The van der Waals surface area contributed by atoms with Crippen LogP contribution in [0.2, 0.25) is 0 Å². The van der Waals surface area contributed by atoms with Crippen molar-refractivity contribution in [1.82, 2.24) is 4.90 Å². The van der Waals surface area contributed by atoms with Crippen molar-refractivity contribution in [3.05, 3.63) is 28.2 Å². The summed E-state index contributed by atoms with van der Waals surface area (Å²) in [6.45, 7) is 0.604. The summed E-state index contributed by atoms with van der Waals surface area (Å²) >= 11 is 3.47. The third kappa shape index (κ3) is 2.71. The van der Waals surface area contributed by atoms with Gasteiger partial charge in [0.1, 0.15) is 5.75 Å². The monoisotopic (exact) mass is 337 g/mol. The molecule has 0 bridgehead atoms. The van der Waals surface area contributed by atoms with Gasteiger partial charge in [-0.3, -0.25) is 4.79 Å². The van der Waals surface area contributed by atoms with Crippen LogP contribution in [-0.2, 0) is 11.3 Å². The predicted molar refractivity (Wildman–Crippen MR) is 81.5 cm³/mol. The van der Waals surface area contributed by atoms with Crippen LogP contribution in [-0.4, -0.2) is 25.0 Å². The molecule has 108 valence electrons. The van der Waals surface area contributed by atoms with Crippen molar-refractivity contribution in [2.45, 2.75) is 25.8 Å². The molecule has 2 atom stereocenters. The molecule has 0 N–H and O–H groups in total. The normalized spacial score (nSPS) is 27.1. The maximum absolute atomic E-state index is 12.5. The second kappa shape index (κ2) is 5.40. The fourth-order valence-electron chi connectivity index (χ4n) is 3.43. The van der Waals surface area contributed by atoms with Crippen molar-refractivity contribution in [1.29, 1.82) is 0 Å². The fourth-order valence-corrected chi connectivity index (χ4v) is 3.84. The van der Waals surface area contributed by atoms with Gasteiger partial charge in [0.25, 0.3) is 0 Å². The van der Waals surface area contributed by atoms with E-state index in [2.05, 4.69) is 15.9 Å². The molecule has 0 saturated heterocycles. The molecule has 2 aliphatic rings. The van der Waals surface area contributed by atoms with E-state index in [-0.39, 0.29) is 5.92 Å². The molecule has 0 heterocycles. The maximum atomic E-state index is 12.5. The first-order valence-corrected chi connectivity index (χ1v) is 7.95. The number of amides is 1. The van der Waals surface area contributed by atoms with Crippen molar-refractivity contribution < 1.29 is 9.53 Å². The second-order valence-corrected chi connectivity index (χ2v) is 6.99. The Morgan fingerprint density at radius 3 is 2.70 bits per heavy atom. The molecule has 2 aliphatic carbocycles. The van der Waals surface area contributed by atoms with E-state index in [0.29, 0.717) is 12.5 Å².